The predicted octanol–water partition coefficient (Wildman–Crippen LogP) is 1.75. The molecule has 0 aromatic carbocycles. The van der Waals surface area contributed by atoms with E-state index in [1.165, 1.54) is 6.92 Å². The lowest BCUT2D eigenvalue weighted by molar-refractivity contribution is -0.144. The van der Waals surface area contributed by atoms with Gasteiger partial charge in [-0.1, -0.05) is 0 Å². The second-order valence-corrected chi connectivity index (χ2v) is 3.30. The summed E-state index contributed by atoms with van der Waals surface area (Å²) in [5.41, 5.74) is 0. The van der Waals surface area contributed by atoms with Crippen LogP contribution in [-0.2, 0) is 11.0 Å². The van der Waals surface area contributed by atoms with Crippen molar-refractivity contribution in [1.82, 2.24) is 9.36 Å². The minimum absolute atomic E-state index is 0.148. The van der Waals surface area contributed by atoms with E-state index in [9.17, 15) is 18.0 Å². The first-order valence-electron chi connectivity index (χ1n) is 3.46. The number of rotatable bonds is 2. The monoisotopic (exact) mass is 226 g/mol. The number of aliphatic carboxylic acids is 1. The Balaban J connectivity index is 2.94. The smallest absolute Gasteiger partial charge is 0.452 e. The van der Waals surface area contributed by atoms with Gasteiger partial charge < -0.3 is 5.11 Å². The Hall–Kier alpha value is -1.18. The third-order valence-electron chi connectivity index (χ3n) is 1.44. The second kappa shape index (κ2) is 3.52. The molecule has 0 amide bonds. The molecular formula is C6H5F3N2O2S. The van der Waals surface area contributed by atoms with Gasteiger partial charge in [0.2, 0.25) is 5.82 Å². The van der Waals surface area contributed by atoms with E-state index in [2.05, 4.69) is 9.36 Å². The highest BCUT2D eigenvalue weighted by Crippen LogP contribution is 2.29. The van der Waals surface area contributed by atoms with Gasteiger partial charge in [-0.3, -0.25) is 4.79 Å². The minimum atomic E-state index is -4.62. The van der Waals surface area contributed by atoms with Crippen molar-refractivity contribution in [2.24, 2.45) is 0 Å². The molecule has 0 aliphatic rings. The van der Waals surface area contributed by atoms with Crippen LogP contribution in [0.1, 0.15) is 23.7 Å². The molecule has 1 aromatic heterocycles. The summed E-state index contributed by atoms with van der Waals surface area (Å²) in [7, 11) is 0. The van der Waals surface area contributed by atoms with Gasteiger partial charge in [-0.2, -0.15) is 17.5 Å². The maximum absolute atomic E-state index is 12.0. The van der Waals surface area contributed by atoms with Crippen LogP contribution in [0.2, 0.25) is 0 Å². The minimum Gasteiger partial charge on any atom is -0.481 e. The molecule has 8 heteroatoms. The van der Waals surface area contributed by atoms with E-state index in [0.29, 0.717) is 11.5 Å². The summed E-state index contributed by atoms with van der Waals surface area (Å²) in [4.78, 5) is 13.5. The number of carbonyl (C=O) groups is 1. The van der Waals surface area contributed by atoms with Crippen LogP contribution in [0.3, 0.4) is 0 Å². The molecule has 0 saturated carbocycles. The molecule has 78 valence electrons. The zero-order valence-corrected chi connectivity index (χ0v) is 7.69. The molecule has 4 nitrogen and oxygen atoms in total. The second-order valence-electron chi connectivity index (χ2n) is 2.51. The lowest BCUT2D eigenvalue weighted by Gasteiger charge is -2.00. The Morgan fingerprint density at radius 3 is 2.50 bits per heavy atom. The van der Waals surface area contributed by atoms with Crippen molar-refractivity contribution >= 4 is 17.5 Å². The highest BCUT2D eigenvalue weighted by molar-refractivity contribution is 7.05. The van der Waals surface area contributed by atoms with Crippen molar-refractivity contribution < 1.29 is 23.1 Å². The van der Waals surface area contributed by atoms with Gasteiger partial charge in [-0.15, -0.1) is 0 Å². The van der Waals surface area contributed by atoms with Gasteiger partial charge in [-0.05, 0) is 18.5 Å². The quantitative estimate of drug-likeness (QED) is 0.834. The Kier molecular flexibility index (Phi) is 2.74. The zero-order valence-electron chi connectivity index (χ0n) is 6.87. The summed E-state index contributed by atoms with van der Waals surface area (Å²) < 4.78 is 39.0. The number of hydrogen-bond acceptors (Lipinski definition) is 4. The van der Waals surface area contributed by atoms with E-state index < -0.39 is 23.9 Å². The maximum atomic E-state index is 12.0. The fraction of sp³-hybridized carbons (Fsp3) is 0.500. The first kappa shape index (κ1) is 10.9. The summed E-state index contributed by atoms with van der Waals surface area (Å²) in [6.45, 7) is 1.25. The van der Waals surface area contributed by atoms with Gasteiger partial charge >= 0.3 is 12.1 Å². The Labute approximate surface area is 80.6 Å². The SMILES string of the molecule is CC(C(=O)O)c1nc(C(F)(F)F)ns1. The normalized spacial score (nSPS) is 14.0. The number of nitrogens with zero attached hydrogens (tertiary/aromatic N) is 2. The van der Waals surface area contributed by atoms with Gasteiger partial charge in [0.25, 0.3) is 0 Å². The molecule has 0 bridgehead atoms. The number of aromatic nitrogens is 2. The standard InChI is InChI=1S/C6H5F3N2O2S/c1-2(4(12)13)3-10-5(11-14-3)6(7,8)9/h2H,1H3,(H,12,13). The topological polar surface area (TPSA) is 63.1 Å². The number of carboxylic acid groups (broad SMARTS) is 1. The van der Waals surface area contributed by atoms with E-state index in [-0.39, 0.29) is 5.01 Å². The highest BCUT2D eigenvalue weighted by Gasteiger charge is 2.37. The summed E-state index contributed by atoms with van der Waals surface area (Å²) in [5.74, 6) is -3.58. The Morgan fingerprint density at radius 1 is 1.57 bits per heavy atom. The number of hydrogen-bond donors (Lipinski definition) is 1. The van der Waals surface area contributed by atoms with Crippen LogP contribution in [0.15, 0.2) is 0 Å². The average Bonchev–Trinajstić information content (AvgIpc) is 2.49. The molecule has 0 spiro atoms. The Morgan fingerprint density at radius 2 is 2.14 bits per heavy atom. The van der Waals surface area contributed by atoms with Crippen LogP contribution in [0.25, 0.3) is 0 Å². The number of alkyl halides is 3. The summed E-state index contributed by atoms with van der Waals surface area (Å²) in [5, 5.41) is 8.36. The van der Waals surface area contributed by atoms with Gasteiger partial charge in [0, 0.05) is 0 Å². The van der Waals surface area contributed by atoms with Gasteiger partial charge in [0.05, 0.1) is 0 Å². The largest absolute Gasteiger partial charge is 0.481 e. The third-order valence-corrected chi connectivity index (χ3v) is 2.33. The fourth-order valence-electron chi connectivity index (χ4n) is 0.632. The van der Waals surface area contributed by atoms with Crippen molar-refractivity contribution in [3.63, 3.8) is 0 Å². The summed E-state index contributed by atoms with van der Waals surface area (Å²) in [6, 6.07) is 0. The lowest BCUT2D eigenvalue weighted by Crippen LogP contribution is -2.10. The molecule has 1 aromatic rings. The molecule has 0 aliphatic carbocycles. The van der Waals surface area contributed by atoms with E-state index in [1.54, 1.807) is 0 Å². The van der Waals surface area contributed by atoms with Crippen LogP contribution in [0, 0.1) is 0 Å². The van der Waals surface area contributed by atoms with E-state index in [4.69, 9.17) is 5.11 Å². The molecule has 1 rings (SSSR count). The maximum Gasteiger partial charge on any atom is 0.452 e. The summed E-state index contributed by atoms with van der Waals surface area (Å²) in [6.07, 6.45) is -4.62. The number of carboxylic acids is 1. The third kappa shape index (κ3) is 2.19. The van der Waals surface area contributed by atoms with Gasteiger partial charge in [-0.25, -0.2) is 4.98 Å². The predicted molar refractivity (Wildman–Crippen MR) is 41.0 cm³/mol. The molecular weight excluding hydrogens is 221 g/mol. The zero-order chi connectivity index (χ0) is 10.9. The van der Waals surface area contributed by atoms with Crippen LogP contribution < -0.4 is 0 Å². The molecule has 0 radical (unpaired) electrons. The fourth-order valence-corrected chi connectivity index (χ4v) is 1.34. The molecule has 1 heterocycles. The lowest BCUT2D eigenvalue weighted by atomic mass is 10.2. The number of halogens is 3. The van der Waals surface area contributed by atoms with Crippen LogP contribution in [0.4, 0.5) is 13.2 Å². The van der Waals surface area contributed by atoms with Crippen molar-refractivity contribution in [3.05, 3.63) is 10.8 Å². The van der Waals surface area contributed by atoms with Crippen molar-refractivity contribution in [1.29, 1.82) is 0 Å². The first-order chi connectivity index (χ1) is 6.32. The molecule has 14 heavy (non-hydrogen) atoms. The molecule has 1 atom stereocenters. The molecule has 1 N–H and O–H groups in total. The van der Waals surface area contributed by atoms with Crippen molar-refractivity contribution in [3.8, 4) is 0 Å². The molecule has 1 unspecified atom stereocenters. The van der Waals surface area contributed by atoms with Crippen molar-refractivity contribution in [2.75, 3.05) is 0 Å². The van der Waals surface area contributed by atoms with E-state index in [1.807, 2.05) is 0 Å². The molecule has 0 saturated heterocycles. The molecule has 0 fully saturated rings. The van der Waals surface area contributed by atoms with E-state index in [0.717, 1.165) is 0 Å². The van der Waals surface area contributed by atoms with Gasteiger partial charge in [0.15, 0.2) is 0 Å². The molecule has 0 aliphatic heterocycles. The average molecular weight is 226 g/mol. The van der Waals surface area contributed by atoms with Gasteiger partial charge in [0.1, 0.15) is 10.9 Å². The van der Waals surface area contributed by atoms with Crippen LogP contribution in [0.5, 0.6) is 0 Å². The van der Waals surface area contributed by atoms with E-state index >= 15 is 0 Å². The van der Waals surface area contributed by atoms with Crippen LogP contribution in [-0.4, -0.2) is 20.4 Å². The first-order valence-corrected chi connectivity index (χ1v) is 4.23. The van der Waals surface area contributed by atoms with Crippen LogP contribution >= 0.6 is 11.5 Å². The van der Waals surface area contributed by atoms with Crippen molar-refractivity contribution in [2.45, 2.75) is 19.0 Å². The summed E-state index contributed by atoms with van der Waals surface area (Å²) >= 11 is 0.451. The highest BCUT2D eigenvalue weighted by atomic mass is 32.1. The Bertz CT molecular complexity index is 349.